The second kappa shape index (κ2) is 6.16. The third kappa shape index (κ3) is 3.24. The number of hydrogen-bond donors (Lipinski definition) is 0. The molecule has 0 N–H and O–H groups in total. The monoisotopic (exact) mass is 292 g/mol. The number of nitrogens with zero attached hydrogens (tertiary/aromatic N) is 2. The van der Waals surface area contributed by atoms with Crippen molar-refractivity contribution in [2.24, 2.45) is 5.92 Å². The summed E-state index contributed by atoms with van der Waals surface area (Å²) in [7, 11) is -3.43. The number of benzene rings is 1. The van der Waals surface area contributed by atoms with Crippen molar-refractivity contribution in [2.75, 3.05) is 13.1 Å². The van der Waals surface area contributed by atoms with Crippen molar-refractivity contribution in [2.45, 2.75) is 18.6 Å². The van der Waals surface area contributed by atoms with E-state index in [1.165, 1.54) is 4.31 Å². The van der Waals surface area contributed by atoms with Crippen LogP contribution < -0.4 is 0 Å². The van der Waals surface area contributed by atoms with Gasteiger partial charge in [-0.05, 0) is 24.5 Å². The lowest BCUT2D eigenvalue weighted by Gasteiger charge is -2.28. The average Bonchev–Trinajstić information content (AvgIpc) is 2.47. The number of hydrogen-bond acceptors (Lipinski definition) is 4. The van der Waals surface area contributed by atoms with Gasteiger partial charge in [-0.1, -0.05) is 18.2 Å². The van der Waals surface area contributed by atoms with E-state index in [0.29, 0.717) is 37.1 Å². The van der Waals surface area contributed by atoms with Crippen molar-refractivity contribution < 1.29 is 13.2 Å². The van der Waals surface area contributed by atoms with E-state index in [4.69, 9.17) is 5.26 Å². The van der Waals surface area contributed by atoms with E-state index in [2.05, 4.69) is 0 Å². The molecule has 6 heteroatoms. The molecule has 1 saturated heterocycles. The zero-order chi connectivity index (χ0) is 14.6. The Bertz CT molecular complexity index is 626. The molecule has 1 aromatic rings. The van der Waals surface area contributed by atoms with E-state index in [1.807, 2.05) is 6.07 Å². The standard InChI is InChI=1S/C14H16N2O3S/c15-9-13-3-1-2-4-14(13)11-20(18,19)16-7-5-12(10-17)6-8-16/h1-4,10,12H,5-8,11H2. The summed E-state index contributed by atoms with van der Waals surface area (Å²) < 4.78 is 26.1. The van der Waals surface area contributed by atoms with Crippen molar-refractivity contribution >= 4 is 16.3 Å². The van der Waals surface area contributed by atoms with Crippen LogP contribution in [0.1, 0.15) is 24.0 Å². The Morgan fingerprint density at radius 2 is 1.95 bits per heavy atom. The van der Waals surface area contributed by atoms with Crippen LogP contribution in [-0.2, 0) is 20.6 Å². The Balaban J connectivity index is 2.12. The second-order valence-corrected chi connectivity index (χ2v) is 6.87. The zero-order valence-electron chi connectivity index (χ0n) is 11.0. The number of nitriles is 1. The van der Waals surface area contributed by atoms with Crippen molar-refractivity contribution in [3.63, 3.8) is 0 Å². The Morgan fingerprint density at radius 1 is 1.30 bits per heavy atom. The predicted octanol–water partition coefficient (Wildman–Crippen LogP) is 1.30. The van der Waals surface area contributed by atoms with Gasteiger partial charge in [0.15, 0.2) is 0 Å². The second-order valence-electron chi connectivity index (χ2n) is 4.90. The number of rotatable bonds is 4. The Morgan fingerprint density at radius 3 is 2.55 bits per heavy atom. The molecule has 0 aliphatic carbocycles. The van der Waals surface area contributed by atoms with E-state index in [1.54, 1.807) is 24.3 Å². The van der Waals surface area contributed by atoms with E-state index in [9.17, 15) is 13.2 Å². The van der Waals surface area contributed by atoms with E-state index in [-0.39, 0.29) is 11.7 Å². The zero-order valence-corrected chi connectivity index (χ0v) is 11.8. The van der Waals surface area contributed by atoms with Crippen LogP contribution in [0.3, 0.4) is 0 Å². The summed E-state index contributed by atoms with van der Waals surface area (Å²) in [6.45, 7) is 0.751. The van der Waals surface area contributed by atoms with E-state index >= 15 is 0 Å². The first-order valence-electron chi connectivity index (χ1n) is 6.48. The highest BCUT2D eigenvalue weighted by Crippen LogP contribution is 2.21. The highest BCUT2D eigenvalue weighted by molar-refractivity contribution is 7.88. The molecule has 20 heavy (non-hydrogen) atoms. The molecule has 5 nitrogen and oxygen atoms in total. The smallest absolute Gasteiger partial charge is 0.218 e. The SMILES string of the molecule is N#Cc1ccccc1CS(=O)(=O)N1CCC(C=O)CC1. The Hall–Kier alpha value is -1.71. The number of sulfonamides is 1. The molecule has 1 aliphatic heterocycles. The quantitative estimate of drug-likeness (QED) is 0.784. The Kier molecular flexibility index (Phi) is 4.53. The van der Waals surface area contributed by atoms with E-state index in [0.717, 1.165) is 6.29 Å². The van der Waals surface area contributed by atoms with Gasteiger partial charge in [0.1, 0.15) is 6.29 Å². The van der Waals surface area contributed by atoms with Crippen LogP contribution in [0.15, 0.2) is 24.3 Å². The fraction of sp³-hybridized carbons (Fsp3) is 0.429. The molecule has 106 valence electrons. The molecule has 0 saturated carbocycles. The fourth-order valence-electron chi connectivity index (χ4n) is 2.33. The summed E-state index contributed by atoms with van der Waals surface area (Å²) in [6.07, 6.45) is 2.04. The van der Waals surface area contributed by atoms with Crippen LogP contribution in [0.5, 0.6) is 0 Å². The number of piperidine rings is 1. The summed E-state index contributed by atoms with van der Waals surface area (Å²) in [6, 6.07) is 8.72. The molecule has 0 bridgehead atoms. The minimum atomic E-state index is -3.43. The van der Waals surface area contributed by atoms with Gasteiger partial charge in [0.2, 0.25) is 10.0 Å². The molecule has 0 amide bonds. The highest BCUT2D eigenvalue weighted by atomic mass is 32.2. The summed E-state index contributed by atoms with van der Waals surface area (Å²) in [5.41, 5.74) is 0.909. The largest absolute Gasteiger partial charge is 0.303 e. The predicted molar refractivity (Wildman–Crippen MR) is 74.1 cm³/mol. The molecule has 1 aromatic carbocycles. The molecule has 0 aromatic heterocycles. The van der Waals surface area contributed by atoms with Crippen molar-refractivity contribution in [3.05, 3.63) is 35.4 Å². The minimum Gasteiger partial charge on any atom is -0.303 e. The highest BCUT2D eigenvalue weighted by Gasteiger charge is 2.28. The molecule has 1 fully saturated rings. The lowest BCUT2D eigenvalue weighted by atomic mass is 10.0. The maximum absolute atomic E-state index is 12.3. The molecular weight excluding hydrogens is 276 g/mol. The summed E-state index contributed by atoms with van der Waals surface area (Å²) >= 11 is 0. The van der Waals surface area contributed by atoms with Crippen LogP contribution in [0.4, 0.5) is 0 Å². The first kappa shape index (κ1) is 14.7. The van der Waals surface area contributed by atoms with Crippen LogP contribution in [0, 0.1) is 17.2 Å². The normalized spacial score (nSPS) is 17.6. The lowest BCUT2D eigenvalue weighted by Crippen LogP contribution is -2.39. The van der Waals surface area contributed by atoms with E-state index < -0.39 is 10.0 Å². The topological polar surface area (TPSA) is 78.2 Å². The fourth-order valence-corrected chi connectivity index (χ4v) is 3.93. The summed E-state index contributed by atoms with van der Waals surface area (Å²) in [5, 5.41) is 8.99. The molecule has 0 radical (unpaired) electrons. The molecule has 0 spiro atoms. The summed E-state index contributed by atoms with van der Waals surface area (Å²) in [4.78, 5) is 10.7. The van der Waals surface area contributed by atoms with Gasteiger partial charge >= 0.3 is 0 Å². The molecule has 2 rings (SSSR count). The van der Waals surface area contributed by atoms with Gasteiger partial charge in [-0.15, -0.1) is 0 Å². The van der Waals surface area contributed by atoms with Gasteiger partial charge in [-0.25, -0.2) is 12.7 Å². The lowest BCUT2D eigenvalue weighted by molar-refractivity contribution is -0.112. The molecular formula is C14H16N2O3S. The molecule has 1 aliphatic rings. The van der Waals surface area contributed by atoms with Crippen LogP contribution in [0.2, 0.25) is 0 Å². The third-order valence-corrected chi connectivity index (χ3v) is 5.39. The van der Waals surface area contributed by atoms with Gasteiger partial charge in [0.05, 0.1) is 17.4 Å². The van der Waals surface area contributed by atoms with Gasteiger partial charge in [-0.3, -0.25) is 0 Å². The maximum Gasteiger partial charge on any atom is 0.218 e. The van der Waals surface area contributed by atoms with Crippen LogP contribution >= 0.6 is 0 Å². The van der Waals surface area contributed by atoms with Crippen LogP contribution in [-0.4, -0.2) is 32.1 Å². The third-order valence-electron chi connectivity index (χ3n) is 3.56. The number of aldehydes is 1. The van der Waals surface area contributed by atoms with Crippen molar-refractivity contribution in [1.29, 1.82) is 5.26 Å². The van der Waals surface area contributed by atoms with Gasteiger partial charge in [-0.2, -0.15) is 5.26 Å². The molecule has 0 unspecified atom stereocenters. The first-order chi connectivity index (χ1) is 9.56. The number of carbonyl (C=O) groups excluding carboxylic acids is 1. The van der Waals surface area contributed by atoms with Gasteiger partial charge in [0.25, 0.3) is 0 Å². The van der Waals surface area contributed by atoms with Gasteiger partial charge < -0.3 is 4.79 Å². The summed E-state index contributed by atoms with van der Waals surface area (Å²) in [5.74, 6) is -0.199. The number of carbonyl (C=O) groups is 1. The molecule has 0 atom stereocenters. The molecule has 1 heterocycles. The minimum absolute atomic E-state index is 0.0344. The van der Waals surface area contributed by atoms with Crippen LogP contribution in [0.25, 0.3) is 0 Å². The maximum atomic E-state index is 12.3. The van der Waals surface area contributed by atoms with Crippen molar-refractivity contribution in [1.82, 2.24) is 4.31 Å². The first-order valence-corrected chi connectivity index (χ1v) is 8.09. The van der Waals surface area contributed by atoms with Gasteiger partial charge in [0, 0.05) is 19.0 Å². The average molecular weight is 292 g/mol. The van der Waals surface area contributed by atoms with Crippen molar-refractivity contribution in [3.8, 4) is 6.07 Å². The Labute approximate surface area is 118 Å².